The number of nitrogens with one attached hydrogen (secondary N) is 1. The molecule has 4 heteroatoms. The molecule has 2 rings (SSSR count). The maximum Gasteiger partial charge on any atom is 0.177 e. The Hall–Kier alpha value is -1.86. The fourth-order valence-corrected chi connectivity index (χ4v) is 1.81. The van der Waals surface area contributed by atoms with E-state index in [1.165, 1.54) is 0 Å². The molecule has 0 amide bonds. The van der Waals surface area contributed by atoms with Gasteiger partial charge >= 0.3 is 0 Å². The van der Waals surface area contributed by atoms with E-state index in [0.717, 1.165) is 22.6 Å². The third-order valence-corrected chi connectivity index (χ3v) is 2.84. The van der Waals surface area contributed by atoms with Crippen molar-refractivity contribution in [3.8, 4) is 6.07 Å². The highest BCUT2D eigenvalue weighted by Gasteiger charge is 2.00. The van der Waals surface area contributed by atoms with E-state index in [4.69, 9.17) is 17.5 Å². The van der Waals surface area contributed by atoms with Crippen molar-refractivity contribution in [3.05, 3.63) is 52.1 Å². The minimum atomic E-state index is 0.679. The highest BCUT2D eigenvalue weighted by atomic mass is 32.1. The first kappa shape index (κ1) is 10.7. The number of hydrogen-bond acceptors (Lipinski definition) is 2. The van der Waals surface area contributed by atoms with Crippen molar-refractivity contribution in [1.29, 1.82) is 5.26 Å². The Morgan fingerprint density at radius 2 is 2.06 bits per heavy atom. The molecule has 0 saturated carbocycles. The number of rotatable bonds is 2. The molecule has 0 saturated heterocycles. The molecule has 0 bridgehead atoms. The van der Waals surface area contributed by atoms with E-state index in [9.17, 15) is 0 Å². The van der Waals surface area contributed by atoms with E-state index in [1.807, 2.05) is 42.0 Å². The van der Waals surface area contributed by atoms with Gasteiger partial charge in [0, 0.05) is 11.9 Å². The molecule has 1 N–H and O–H groups in total. The smallest absolute Gasteiger partial charge is 0.177 e. The largest absolute Gasteiger partial charge is 0.337 e. The van der Waals surface area contributed by atoms with Gasteiger partial charge in [-0.3, -0.25) is 0 Å². The van der Waals surface area contributed by atoms with Crippen LogP contribution in [0.5, 0.6) is 0 Å². The Balaban J connectivity index is 2.28. The molecule has 2 aromatic rings. The SMILES string of the molecule is Cc1c[nH]c(=S)n1Cc1ccc(C#N)cc1. The van der Waals surface area contributed by atoms with E-state index in [2.05, 4.69) is 11.1 Å². The maximum absolute atomic E-state index is 8.70. The number of benzene rings is 1. The first-order valence-electron chi connectivity index (χ1n) is 4.94. The normalized spacial score (nSPS) is 10.0. The molecule has 16 heavy (non-hydrogen) atoms. The van der Waals surface area contributed by atoms with Gasteiger partial charge in [-0.1, -0.05) is 12.1 Å². The topological polar surface area (TPSA) is 44.5 Å². The van der Waals surface area contributed by atoms with Crippen LogP contribution >= 0.6 is 12.2 Å². The van der Waals surface area contributed by atoms with Gasteiger partial charge in [0.15, 0.2) is 4.77 Å². The molecule has 0 aliphatic carbocycles. The fraction of sp³-hybridized carbons (Fsp3) is 0.167. The molecule has 0 aliphatic heterocycles. The Morgan fingerprint density at radius 3 is 2.56 bits per heavy atom. The van der Waals surface area contributed by atoms with Crippen LogP contribution in [0.3, 0.4) is 0 Å². The first-order valence-corrected chi connectivity index (χ1v) is 5.35. The molecule has 0 spiro atoms. The van der Waals surface area contributed by atoms with E-state index >= 15 is 0 Å². The van der Waals surface area contributed by atoms with Crippen LogP contribution in [0.2, 0.25) is 0 Å². The Bertz CT molecular complexity index is 584. The number of aryl methyl sites for hydroxylation is 1. The molecule has 1 aromatic carbocycles. The lowest BCUT2D eigenvalue weighted by molar-refractivity contribution is 0.758. The zero-order valence-corrected chi connectivity index (χ0v) is 9.71. The average molecular weight is 229 g/mol. The molecule has 1 aromatic heterocycles. The highest BCUT2D eigenvalue weighted by Crippen LogP contribution is 2.08. The second-order valence-corrected chi connectivity index (χ2v) is 4.02. The van der Waals surface area contributed by atoms with Gasteiger partial charge in [0.05, 0.1) is 18.2 Å². The summed E-state index contributed by atoms with van der Waals surface area (Å²) in [4.78, 5) is 3.01. The molecular weight excluding hydrogens is 218 g/mol. The molecule has 3 nitrogen and oxygen atoms in total. The summed E-state index contributed by atoms with van der Waals surface area (Å²) in [5, 5.41) is 8.70. The number of aromatic amines is 1. The minimum absolute atomic E-state index is 0.679. The van der Waals surface area contributed by atoms with Gasteiger partial charge in [0.2, 0.25) is 0 Å². The lowest BCUT2D eigenvalue weighted by Gasteiger charge is -2.05. The van der Waals surface area contributed by atoms with Crippen LogP contribution in [0.1, 0.15) is 16.8 Å². The number of hydrogen-bond donors (Lipinski definition) is 1. The van der Waals surface area contributed by atoms with Crippen LogP contribution in [0.25, 0.3) is 0 Å². The van der Waals surface area contributed by atoms with Crippen molar-refractivity contribution < 1.29 is 0 Å². The Morgan fingerprint density at radius 1 is 1.38 bits per heavy atom. The molecule has 0 unspecified atom stereocenters. The van der Waals surface area contributed by atoms with Crippen LogP contribution in [0.15, 0.2) is 30.5 Å². The van der Waals surface area contributed by atoms with Crippen molar-refractivity contribution in [2.45, 2.75) is 13.5 Å². The van der Waals surface area contributed by atoms with Gasteiger partial charge in [0.1, 0.15) is 0 Å². The zero-order valence-electron chi connectivity index (χ0n) is 8.90. The lowest BCUT2D eigenvalue weighted by Crippen LogP contribution is -2.01. The number of H-pyrrole nitrogens is 1. The molecule has 0 fully saturated rings. The quantitative estimate of drug-likeness (QED) is 0.805. The third-order valence-electron chi connectivity index (χ3n) is 2.50. The monoisotopic (exact) mass is 229 g/mol. The summed E-state index contributed by atoms with van der Waals surface area (Å²) in [6.45, 7) is 2.75. The summed E-state index contributed by atoms with van der Waals surface area (Å²) in [5.74, 6) is 0. The maximum atomic E-state index is 8.70. The predicted molar refractivity (Wildman–Crippen MR) is 64.6 cm³/mol. The van der Waals surface area contributed by atoms with Crippen LogP contribution in [-0.2, 0) is 6.54 Å². The van der Waals surface area contributed by atoms with Gasteiger partial charge < -0.3 is 9.55 Å². The van der Waals surface area contributed by atoms with Crippen molar-refractivity contribution in [2.75, 3.05) is 0 Å². The van der Waals surface area contributed by atoms with Crippen molar-refractivity contribution in [2.24, 2.45) is 0 Å². The van der Waals surface area contributed by atoms with Crippen LogP contribution in [-0.4, -0.2) is 9.55 Å². The summed E-state index contributed by atoms with van der Waals surface area (Å²) in [5.41, 5.74) is 2.92. The van der Waals surface area contributed by atoms with Crippen molar-refractivity contribution in [3.63, 3.8) is 0 Å². The average Bonchev–Trinajstić information content (AvgIpc) is 2.62. The second-order valence-electron chi connectivity index (χ2n) is 3.63. The van der Waals surface area contributed by atoms with Crippen LogP contribution in [0.4, 0.5) is 0 Å². The number of nitriles is 1. The van der Waals surface area contributed by atoms with Crippen LogP contribution < -0.4 is 0 Å². The second kappa shape index (κ2) is 4.33. The minimum Gasteiger partial charge on any atom is -0.337 e. The first-order chi connectivity index (χ1) is 7.70. The van der Waals surface area contributed by atoms with Gasteiger partial charge in [-0.25, -0.2) is 0 Å². The van der Waals surface area contributed by atoms with E-state index in [1.54, 1.807) is 0 Å². The molecule has 0 radical (unpaired) electrons. The standard InChI is InChI=1S/C12H11N3S/c1-9-7-14-12(16)15(9)8-11-4-2-10(6-13)3-5-11/h2-5,7H,8H2,1H3,(H,14,16). The van der Waals surface area contributed by atoms with Crippen molar-refractivity contribution in [1.82, 2.24) is 9.55 Å². The predicted octanol–water partition coefficient (Wildman–Crippen LogP) is 2.77. The van der Waals surface area contributed by atoms with Gasteiger partial charge in [-0.05, 0) is 36.8 Å². The lowest BCUT2D eigenvalue weighted by atomic mass is 10.1. The summed E-state index contributed by atoms with van der Waals surface area (Å²) < 4.78 is 2.75. The van der Waals surface area contributed by atoms with Crippen LogP contribution in [0, 0.1) is 23.0 Å². The molecule has 0 atom stereocenters. The summed E-state index contributed by atoms with van der Waals surface area (Å²) in [7, 11) is 0. The number of aromatic nitrogens is 2. The molecule has 80 valence electrons. The number of nitrogens with zero attached hydrogens (tertiary/aromatic N) is 2. The van der Waals surface area contributed by atoms with E-state index < -0.39 is 0 Å². The molecule has 0 aliphatic rings. The molecular formula is C12H11N3S. The Kier molecular flexibility index (Phi) is 2.88. The highest BCUT2D eigenvalue weighted by molar-refractivity contribution is 7.71. The van der Waals surface area contributed by atoms with Gasteiger partial charge in [-0.2, -0.15) is 5.26 Å². The van der Waals surface area contributed by atoms with E-state index in [-0.39, 0.29) is 0 Å². The fourth-order valence-electron chi connectivity index (χ4n) is 1.55. The summed E-state index contributed by atoms with van der Waals surface area (Å²) in [6.07, 6.45) is 1.89. The zero-order chi connectivity index (χ0) is 11.5. The summed E-state index contributed by atoms with van der Waals surface area (Å²) in [6, 6.07) is 9.65. The number of imidazole rings is 1. The summed E-state index contributed by atoms with van der Waals surface area (Å²) >= 11 is 5.18. The Labute approximate surface area is 99.0 Å². The van der Waals surface area contributed by atoms with E-state index in [0.29, 0.717) is 5.56 Å². The van der Waals surface area contributed by atoms with Gasteiger partial charge in [-0.15, -0.1) is 0 Å². The van der Waals surface area contributed by atoms with Crippen molar-refractivity contribution >= 4 is 12.2 Å². The van der Waals surface area contributed by atoms with Gasteiger partial charge in [0.25, 0.3) is 0 Å². The third kappa shape index (κ3) is 2.05. The molecule has 1 heterocycles.